The number of ether oxygens (including phenoxy) is 4. The summed E-state index contributed by atoms with van der Waals surface area (Å²) in [6.45, 7) is 6.43. The molecule has 0 aliphatic carbocycles. The molecule has 0 amide bonds. The average molecular weight is 532 g/mol. The van der Waals surface area contributed by atoms with Crippen molar-refractivity contribution in [3.05, 3.63) is 0 Å². The molecule has 37 heavy (non-hydrogen) atoms. The van der Waals surface area contributed by atoms with Gasteiger partial charge in [-0.25, -0.2) is 0 Å². The fourth-order valence-corrected chi connectivity index (χ4v) is 3.99. The van der Waals surface area contributed by atoms with Crippen LogP contribution in [0.1, 0.15) is 109 Å². The Kier molecular flexibility index (Phi) is 32.0. The molecule has 0 unspecified atom stereocenters. The van der Waals surface area contributed by atoms with Gasteiger partial charge in [0.15, 0.2) is 0 Å². The molecular weight excluding hydrogens is 474 g/mol. The van der Waals surface area contributed by atoms with Crippen LogP contribution in [0.5, 0.6) is 0 Å². The number of unbranched alkanes of at least 4 members (excludes halogenated alkanes) is 14. The van der Waals surface area contributed by atoms with Gasteiger partial charge >= 0.3 is 5.97 Å². The summed E-state index contributed by atoms with van der Waals surface area (Å²) >= 11 is 0. The number of aldehydes is 1. The monoisotopic (exact) mass is 531 g/mol. The topological polar surface area (TPSA) is 103 Å². The molecular formula is C29H57NO7. The zero-order valence-electron chi connectivity index (χ0n) is 23.6. The van der Waals surface area contributed by atoms with E-state index >= 15 is 0 Å². The fraction of sp³-hybridized carbons (Fsp3) is 0.931. The number of hydrogen-bond acceptors (Lipinski definition) is 7. The van der Waals surface area contributed by atoms with Gasteiger partial charge in [0.1, 0.15) is 6.29 Å². The summed E-state index contributed by atoms with van der Waals surface area (Å²) in [4.78, 5) is 20.6. The maximum atomic E-state index is 10.4. The minimum Gasteiger partial charge on any atom is -0.481 e. The summed E-state index contributed by atoms with van der Waals surface area (Å²) in [5.41, 5.74) is 0. The molecule has 0 rings (SSSR count). The third-order valence-corrected chi connectivity index (χ3v) is 6.16. The largest absolute Gasteiger partial charge is 0.481 e. The van der Waals surface area contributed by atoms with Crippen molar-refractivity contribution in [3.8, 4) is 0 Å². The second-order valence-electron chi connectivity index (χ2n) is 9.60. The van der Waals surface area contributed by atoms with E-state index in [1.165, 1.54) is 83.5 Å². The first-order chi connectivity index (χ1) is 18.3. The lowest BCUT2D eigenvalue weighted by Gasteiger charge is -2.08. The van der Waals surface area contributed by atoms with Gasteiger partial charge in [0.2, 0.25) is 0 Å². The van der Waals surface area contributed by atoms with Crippen LogP contribution in [-0.2, 0) is 28.5 Å². The van der Waals surface area contributed by atoms with Crippen LogP contribution in [-0.4, -0.2) is 83.3 Å². The van der Waals surface area contributed by atoms with E-state index in [2.05, 4.69) is 5.32 Å². The van der Waals surface area contributed by atoms with Crippen molar-refractivity contribution in [2.24, 2.45) is 0 Å². The highest BCUT2D eigenvalue weighted by Gasteiger charge is 1.98. The van der Waals surface area contributed by atoms with Gasteiger partial charge in [0.05, 0.1) is 52.9 Å². The number of carbonyl (C=O) groups is 2. The van der Waals surface area contributed by atoms with Crippen molar-refractivity contribution < 1.29 is 33.6 Å². The summed E-state index contributed by atoms with van der Waals surface area (Å²) in [7, 11) is 0. The van der Waals surface area contributed by atoms with Crippen LogP contribution in [0.15, 0.2) is 0 Å². The lowest BCUT2D eigenvalue weighted by Crippen LogP contribution is -2.22. The minimum absolute atomic E-state index is 0.326. The molecule has 0 aliphatic heterocycles. The van der Waals surface area contributed by atoms with E-state index in [0.717, 1.165) is 32.2 Å². The molecule has 0 aromatic carbocycles. The molecule has 0 saturated heterocycles. The van der Waals surface area contributed by atoms with Crippen molar-refractivity contribution in [2.75, 3.05) is 65.9 Å². The Balaban J connectivity index is 3.02. The van der Waals surface area contributed by atoms with Gasteiger partial charge in [-0.05, 0) is 19.4 Å². The molecule has 0 bridgehead atoms. The summed E-state index contributed by atoms with van der Waals surface area (Å²) < 4.78 is 21.6. The Morgan fingerprint density at radius 3 is 1.32 bits per heavy atom. The first-order valence-electron chi connectivity index (χ1n) is 14.9. The van der Waals surface area contributed by atoms with Gasteiger partial charge in [0.25, 0.3) is 0 Å². The average Bonchev–Trinajstić information content (AvgIpc) is 2.89. The second kappa shape index (κ2) is 33.0. The van der Waals surface area contributed by atoms with Crippen LogP contribution in [0.25, 0.3) is 0 Å². The highest BCUT2D eigenvalue weighted by atomic mass is 16.6. The molecule has 8 nitrogen and oxygen atoms in total. The van der Waals surface area contributed by atoms with E-state index < -0.39 is 5.97 Å². The van der Waals surface area contributed by atoms with E-state index in [9.17, 15) is 9.59 Å². The van der Waals surface area contributed by atoms with Gasteiger partial charge in [-0.1, -0.05) is 83.5 Å². The SMILES string of the molecule is O=CCCOCCOCCOCCOCCNCCCCCCCCCCCCCCCCCC(=O)O. The highest BCUT2D eigenvalue weighted by Crippen LogP contribution is 2.13. The van der Waals surface area contributed by atoms with Crippen molar-refractivity contribution in [3.63, 3.8) is 0 Å². The van der Waals surface area contributed by atoms with E-state index in [1.54, 1.807) is 0 Å². The van der Waals surface area contributed by atoms with Crippen LogP contribution in [0, 0.1) is 0 Å². The smallest absolute Gasteiger partial charge is 0.303 e. The lowest BCUT2D eigenvalue weighted by atomic mass is 10.0. The van der Waals surface area contributed by atoms with Crippen molar-refractivity contribution in [1.29, 1.82) is 0 Å². The molecule has 0 fully saturated rings. The summed E-state index contributed by atoms with van der Waals surface area (Å²) in [5.74, 6) is -0.667. The standard InChI is InChI=1S/C29H57NO7/c31-20-16-21-34-23-25-36-27-28-37-26-24-35-22-19-30-18-15-13-11-9-7-5-3-1-2-4-6-8-10-12-14-17-29(32)33/h20,30H,1-19,21-28H2,(H,32,33). The number of carbonyl (C=O) groups excluding carboxylic acids is 1. The molecule has 0 aromatic heterocycles. The fourth-order valence-electron chi connectivity index (χ4n) is 3.99. The van der Waals surface area contributed by atoms with Crippen LogP contribution in [0.3, 0.4) is 0 Å². The van der Waals surface area contributed by atoms with Crippen LogP contribution < -0.4 is 5.32 Å². The van der Waals surface area contributed by atoms with Gasteiger partial charge in [-0.15, -0.1) is 0 Å². The molecule has 2 N–H and O–H groups in total. The first kappa shape index (κ1) is 35.9. The Morgan fingerprint density at radius 2 is 0.892 bits per heavy atom. The highest BCUT2D eigenvalue weighted by molar-refractivity contribution is 5.66. The van der Waals surface area contributed by atoms with Crippen LogP contribution >= 0.6 is 0 Å². The molecule has 0 spiro atoms. The van der Waals surface area contributed by atoms with Crippen LogP contribution in [0.2, 0.25) is 0 Å². The van der Waals surface area contributed by atoms with E-state index in [4.69, 9.17) is 24.1 Å². The lowest BCUT2D eigenvalue weighted by molar-refractivity contribution is -0.137. The third kappa shape index (κ3) is 34.9. The zero-order valence-corrected chi connectivity index (χ0v) is 23.6. The Bertz CT molecular complexity index is 466. The maximum absolute atomic E-state index is 10.4. The van der Waals surface area contributed by atoms with E-state index in [0.29, 0.717) is 65.7 Å². The number of nitrogens with one attached hydrogen (secondary N) is 1. The number of aliphatic carboxylic acids is 1. The predicted molar refractivity (Wildman–Crippen MR) is 148 cm³/mol. The van der Waals surface area contributed by atoms with Crippen molar-refractivity contribution >= 4 is 12.3 Å². The van der Waals surface area contributed by atoms with Crippen molar-refractivity contribution in [2.45, 2.75) is 109 Å². The predicted octanol–water partition coefficient (Wildman–Crippen LogP) is 5.56. The second-order valence-corrected chi connectivity index (χ2v) is 9.60. The summed E-state index contributed by atoms with van der Waals surface area (Å²) in [6, 6.07) is 0. The first-order valence-corrected chi connectivity index (χ1v) is 14.9. The Morgan fingerprint density at radius 1 is 0.514 bits per heavy atom. The maximum Gasteiger partial charge on any atom is 0.303 e. The molecule has 0 saturated carbocycles. The van der Waals surface area contributed by atoms with Crippen LogP contribution in [0.4, 0.5) is 0 Å². The van der Waals surface area contributed by atoms with Gasteiger partial charge in [-0.3, -0.25) is 4.79 Å². The Hall–Kier alpha value is -1.06. The molecule has 8 heteroatoms. The minimum atomic E-state index is -0.667. The normalized spacial score (nSPS) is 11.2. The molecule has 0 aromatic rings. The molecule has 220 valence electrons. The molecule has 0 radical (unpaired) electrons. The number of hydrogen-bond donors (Lipinski definition) is 2. The number of carboxylic acids is 1. The molecule has 0 atom stereocenters. The van der Waals surface area contributed by atoms with E-state index in [1.807, 2.05) is 0 Å². The molecule has 0 heterocycles. The number of carboxylic acid groups (broad SMARTS) is 1. The summed E-state index contributed by atoms with van der Waals surface area (Å²) in [6.07, 6.45) is 20.7. The van der Waals surface area contributed by atoms with Crippen molar-refractivity contribution in [1.82, 2.24) is 5.32 Å². The summed E-state index contributed by atoms with van der Waals surface area (Å²) in [5, 5.41) is 12.1. The quantitative estimate of drug-likeness (QED) is 0.0838. The van der Waals surface area contributed by atoms with Gasteiger partial charge in [-0.2, -0.15) is 0 Å². The zero-order chi connectivity index (χ0) is 26.9. The van der Waals surface area contributed by atoms with Gasteiger partial charge in [0, 0.05) is 19.4 Å². The molecule has 0 aliphatic rings. The Labute approximate surface area is 226 Å². The third-order valence-electron chi connectivity index (χ3n) is 6.16. The number of rotatable bonds is 33. The van der Waals surface area contributed by atoms with Gasteiger partial charge < -0.3 is 34.2 Å². The van der Waals surface area contributed by atoms with E-state index in [-0.39, 0.29) is 0 Å².